The third-order valence-electron chi connectivity index (χ3n) is 6.77. The van der Waals surface area contributed by atoms with Crippen molar-refractivity contribution in [2.75, 3.05) is 26.7 Å². The lowest BCUT2D eigenvalue weighted by molar-refractivity contribution is -0.158. The summed E-state index contributed by atoms with van der Waals surface area (Å²) in [6.45, 7) is 2.59. The van der Waals surface area contributed by atoms with E-state index in [0.29, 0.717) is 18.9 Å². The molecule has 1 saturated carbocycles. The van der Waals surface area contributed by atoms with Crippen LogP contribution in [0.25, 0.3) is 0 Å². The lowest BCUT2D eigenvalue weighted by Gasteiger charge is -2.53. The maximum atomic E-state index is 13.2. The molecule has 1 aromatic rings. The van der Waals surface area contributed by atoms with Gasteiger partial charge in [0.1, 0.15) is 0 Å². The zero-order valence-electron chi connectivity index (χ0n) is 15.2. The van der Waals surface area contributed by atoms with E-state index in [1.165, 1.54) is 6.42 Å². The number of aliphatic hydroxyl groups is 1. The second kappa shape index (κ2) is 6.73. The van der Waals surface area contributed by atoms with Gasteiger partial charge in [-0.15, -0.1) is 0 Å². The summed E-state index contributed by atoms with van der Waals surface area (Å²) in [6.07, 6.45) is 6.02. The van der Waals surface area contributed by atoms with Gasteiger partial charge in [0.2, 0.25) is 5.91 Å². The molecule has 1 aromatic carbocycles. The van der Waals surface area contributed by atoms with Crippen molar-refractivity contribution < 1.29 is 9.90 Å². The molecule has 0 bridgehead atoms. The lowest BCUT2D eigenvalue weighted by atomic mass is 9.66. The zero-order chi connectivity index (χ0) is 17.4. The fourth-order valence-electron chi connectivity index (χ4n) is 5.41. The fourth-order valence-corrected chi connectivity index (χ4v) is 5.41. The second-order valence-corrected chi connectivity index (χ2v) is 8.28. The van der Waals surface area contributed by atoms with E-state index in [2.05, 4.69) is 29.0 Å². The van der Waals surface area contributed by atoms with Gasteiger partial charge in [-0.05, 0) is 44.8 Å². The van der Waals surface area contributed by atoms with Crippen LogP contribution in [0.5, 0.6) is 0 Å². The SMILES string of the molecule is CN1CCC(C(=O)N2CC[C@](O)(c3ccccc3)[C@H]3CCCC[C@@H]32)C1. The highest BCUT2D eigenvalue weighted by molar-refractivity contribution is 5.80. The zero-order valence-corrected chi connectivity index (χ0v) is 15.2. The Morgan fingerprint density at radius 3 is 2.60 bits per heavy atom. The molecule has 1 N–H and O–H groups in total. The van der Waals surface area contributed by atoms with Crippen LogP contribution in [0.2, 0.25) is 0 Å². The highest BCUT2D eigenvalue weighted by Gasteiger charge is 2.51. The Hall–Kier alpha value is -1.39. The Morgan fingerprint density at radius 2 is 1.88 bits per heavy atom. The quantitative estimate of drug-likeness (QED) is 0.898. The number of carbonyl (C=O) groups is 1. The number of hydrogen-bond donors (Lipinski definition) is 1. The van der Waals surface area contributed by atoms with E-state index in [4.69, 9.17) is 0 Å². The summed E-state index contributed by atoms with van der Waals surface area (Å²) in [4.78, 5) is 17.6. The molecule has 1 unspecified atom stereocenters. The van der Waals surface area contributed by atoms with Crippen LogP contribution in [0, 0.1) is 11.8 Å². The predicted molar refractivity (Wildman–Crippen MR) is 98.0 cm³/mol. The topological polar surface area (TPSA) is 43.8 Å². The normalized spacial score (nSPS) is 36.2. The number of fused-ring (bicyclic) bond motifs is 1. The summed E-state index contributed by atoms with van der Waals surface area (Å²) in [5, 5.41) is 11.6. The van der Waals surface area contributed by atoms with E-state index in [-0.39, 0.29) is 17.9 Å². The van der Waals surface area contributed by atoms with Gasteiger partial charge in [-0.25, -0.2) is 0 Å². The van der Waals surface area contributed by atoms with Crippen molar-refractivity contribution in [1.82, 2.24) is 9.80 Å². The number of rotatable bonds is 2. The van der Waals surface area contributed by atoms with Crippen LogP contribution < -0.4 is 0 Å². The highest BCUT2D eigenvalue weighted by atomic mass is 16.3. The van der Waals surface area contributed by atoms with Gasteiger partial charge in [-0.2, -0.15) is 0 Å². The summed E-state index contributed by atoms with van der Waals surface area (Å²) in [6, 6.07) is 10.3. The summed E-state index contributed by atoms with van der Waals surface area (Å²) >= 11 is 0. The van der Waals surface area contributed by atoms with E-state index < -0.39 is 5.60 Å². The number of nitrogens with zero attached hydrogens (tertiary/aromatic N) is 2. The molecule has 4 nitrogen and oxygen atoms in total. The molecule has 136 valence electrons. The van der Waals surface area contributed by atoms with Crippen LogP contribution in [0.15, 0.2) is 30.3 Å². The minimum absolute atomic E-state index is 0.149. The first-order valence-electron chi connectivity index (χ1n) is 9.86. The van der Waals surface area contributed by atoms with Crippen LogP contribution in [0.3, 0.4) is 0 Å². The molecule has 4 rings (SSSR count). The summed E-state index contributed by atoms with van der Waals surface area (Å²) in [7, 11) is 2.10. The molecule has 2 aliphatic heterocycles. The highest BCUT2D eigenvalue weighted by Crippen LogP contribution is 2.47. The Balaban J connectivity index is 1.59. The molecule has 2 heterocycles. The van der Waals surface area contributed by atoms with E-state index in [0.717, 1.165) is 44.3 Å². The molecule has 1 aliphatic carbocycles. The molecule has 0 spiro atoms. The van der Waals surface area contributed by atoms with E-state index in [9.17, 15) is 9.90 Å². The van der Waals surface area contributed by atoms with Crippen LogP contribution in [-0.4, -0.2) is 53.5 Å². The Kier molecular flexibility index (Phi) is 4.59. The minimum Gasteiger partial charge on any atom is -0.385 e. The first kappa shape index (κ1) is 17.0. The van der Waals surface area contributed by atoms with E-state index >= 15 is 0 Å². The first-order valence-corrected chi connectivity index (χ1v) is 9.86. The Labute approximate surface area is 150 Å². The van der Waals surface area contributed by atoms with Crippen LogP contribution in [-0.2, 0) is 10.4 Å². The lowest BCUT2D eigenvalue weighted by Crippen LogP contribution is -2.60. The number of hydrogen-bond acceptors (Lipinski definition) is 3. The number of carbonyl (C=O) groups excluding carboxylic acids is 1. The monoisotopic (exact) mass is 342 g/mol. The van der Waals surface area contributed by atoms with Crippen LogP contribution >= 0.6 is 0 Å². The van der Waals surface area contributed by atoms with Crippen molar-refractivity contribution in [2.24, 2.45) is 11.8 Å². The number of likely N-dealkylation sites (tertiary alicyclic amines) is 2. The van der Waals surface area contributed by atoms with Crippen molar-refractivity contribution in [2.45, 2.75) is 50.2 Å². The van der Waals surface area contributed by atoms with Gasteiger partial charge < -0.3 is 14.9 Å². The van der Waals surface area contributed by atoms with E-state index in [1.807, 2.05) is 18.2 Å². The maximum absolute atomic E-state index is 13.2. The summed E-state index contributed by atoms with van der Waals surface area (Å²) < 4.78 is 0. The molecule has 3 fully saturated rings. The van der Waals surface area contributed by atoms with Gasteiger partial charge in [0, 0.05) is 25.0 Å². The first-order chi connectivity index (χ1) is 12.1. The molecule has 0 radical (unpaired) electrons. The molecular formula is C21H30N2O2. The van der Waals surface area contributed by atoms with Gasteiger partial charge >= 0.3 is 0 Å². The molecule has 4 atom stereocenters. The second-order valence-electron chi connectivity index (χ2n) is 8.28. The van der Waals surface area contributed by atoms with Crippen molar-refractivity contribution in [3.63, 3.8) is 0 Å². The van der Waals surface area contributed by atoms with Crippen LogP contribution in [0.1, 0.15) is 44.1 Å². The molecule has 4 heteroatoms. The number of piperidine rings is 1. The smallest absolute Gasteiger partial charge is 0.227 e. The van der Waals surface area contributed by atoms with Crippen molar-refractivity contribution in [3.8, 4) is 0 Å². The third-order valence-corrected chi connectivity index (χ3v) is 6.77. The largest absolute Gasteiger partial charge is 0.385 e. The maximum Gasteiger partial charge on any atom is 0.227 e. The van der Waals surface area contributed by atoms with Crippen molar-refractivity contribution in [1.29, 1.82) is 0 Å². The third kappa shape index (κ3) is 3.00. The fraction of sp³-hybridized carbons (Fsp3) is 0.667. The standard InChI is InChI=1S/C21H30N2O2/c1-22-13-11-16(15-22)20(24)23-14-12-21(25,17-7-3-2-4-8-17)18-9-5-6-10-19(18)23/h2-4,7-8,16,18-19,25H,5-6,9-15H2,1H3/t16?,18-,19-,21-/m0/s1. The van der Waals surface area contributed by atoms with E-state index in [1.54, 1.807) is 0 Å². The van der Waals surface area contributed by atoms with Gasteiger partial charge in [0.05, 0.1) is 11.5 Å². The van der Waals surface area contributed by atoms with Crippen molar-refractivity contribution in [3.05, 3.63) is 35.9 Å². The number of amides is 1. The minimum atomic E-state index is -0.782. The average Bonchev–Trinajstić information content (AvgIpc) is 3.09. The van der Waals surface area contributed by atoms with Crippen molar-refractivity contribution >= 4 is 5.91 Å². The van der Waals surface area contributed by atoms with Gasteiger partial charge in [0.15, 0.2) is 0 Å². The van der Waals surface area contributed by atoms with Gasteiger partial charge in [0.25, 0.3) is 0 Å². The summed E-state index contributed by atoms with van der Waals surface area (Å²) in [5.41, 5.74) is 0.245. The predicted octanol–water partition coefficient (Wildman–Crippen LogP) is 2.62. The molecule has 3 aliphatic rings. The van der Waals surface area contributed by atoms with Gasteiger partial charge in [-0.1, -0.05) is 43.2 Å². The molecule has 1 amide bonds. The molecular weight excluding hydrogens is 312 g/mol. The average molecular weight is 342 g/mol. The molecule has 0 aromatic heterocycles. The Morgan fingerprint density at radius 1 is 1.12 bits per heavy atom. The molecule has 25 heavy (non-hydrogen) atoms. The molecule has 2 saturated heterocycles. The summed E-state index contributed by atoms with van der Waals surface area (Å²) in [5.74, 6) is 0.646. The van der Waals surface area contributed by atoms with Crippen LogP contribution in [0.4, 0.5) is 0 Å². The van der Waals surface area contributed by atoms with Gasteiger partial charge in [-0.3, -0.25) is 4.79 Å². The Bertz CT molecular complexity index is 620. The number of benzene rings is 1.